The molecule has 0 fully saturated rings. The van der Waals surface area contributed by atoms with E-state index in [9.17, 15) is 14.4 Å². The average molecular weight is 283 g/mol. The molecule has 2 aromatic rings. The molecule has 0 atom stereocenters. The predicted molar refractivity (Wildman–Crippen MR) is 77.6 cm³/mol. The van der Waals surface area contributed by atoms with Crippen LogP contribution in [-0.4, -0.2) is 22.8 Å². The van der Waals surface area contributed by atoms with Crippen molar-refractivity contribution < 1.29 is 19.5 Å². The number of carbonyl (C=O) groups is 3. The summed E-state index contributed by atoms with van der Waals surface area (Å²) in [4.78, 5) is 33.9. The Hall–Kier alpha value is -2.95. The van der Waals surface area contributed by atoms with Crippen LogP contribution in [0, 0.1) is 0 Å². The highest BCUT2D eigenvalue weighted by molar-refractivity contribution is 6.09. The Balaban J connectivity index is 2.19. The maximum atomic E-state index is 12.2. The van der Waals surface area contributed by atoms with Crippen LogP contribution in [0.15, 0.2) is 48.5 Å². The maximum Gasteiger partial charge on any atom is 0.335 e. The van der Waals surface area contributed by atoms with Crippen LogP contribution in [0.25, 0.3) is 0 Å². The Morgan fingerprint density at radius 3 is 1.67 bits per heavy atom. The lowest BCUT2D eigenvalue weighted by Gasteiger charge is -2.05. The molecule has 0 bridgehead atoms. The SMILES string of the molecule is CC(=O)Nc1ccc(C(=O)c2ccc(C(=O)O)cc2)cc1. The molecule has 21 heavy (non-hydrogen) atoms. The van der Waals surface area contributed by atoms with Gasteiger partial charge in [-0.15, -0.1) is 0 Å². The molecule has 2 aromatic carbocycles. The Bertz CT molecular complexity index is 687. The Morgan fingerprint density at radius 1 is 0.810 bits per heavy atom. The third-order valence-electron chi connectivity index (χ3n) is 2.86. The zero-order valence-corrected chi connectivity index (χ0v) is 11.3. The van der Waals surface area contributed by atoms with Crippen molar-refractivity contribution in [3.8, 4) is 0 Å². The molecule has 2 N–H and O–H groups in total. The van der Waals surface area contributed by atoms with E-state index in [0.717, 1.165) is 0 Å². The number of rotatable bonds is 4. The predicted octanol–water partition coefficient (Wildman–Crippen LogP) is 2.57. The van der Waals surface area contributed by atoms with Gasteiger partial charge in [0, 0.05) is 23.7 Å². The molecule has 0 aliphatic rings. The quantitative estimate of drug-likeness (QED) is 0.845. The number of ketones is 1. The van der Waals surface area contributed by atoms with Crippen molar-refractivity contribution in [3.05, 3.63) is 65.2 Å². The highest BCUT2D eigenvalue weighted by Gasteiger charge is 2.10. The fraction of sp³-hybridized carbons (Fsp3) is 0.0625. The van der Waals surface area contributed by atoms with E-state index in [1.165, 1.54) is 31.2 Å². The smallest absolute Gasteiger partial charge is 0.335 e. The van der Waals surface area contributed by atoms with Gasteiger partial charge in [0.2, 0.25) is 5.91 Å². The first kappa shape index (κ1) is 14.5. The fourth-order valence-electron chi connectivity index (χ4n) is 1.84. The topological polar surface area (TPSA) is 83.5 Å². The highest BCUT2D eigenvalue weighted by Crippen LogP contribution is 2.14. The average Bonchev–Trinajstić information content (AvgIpc) is 2.47. The lowest BCUT2D eigenvalue weighted by Crippen LogP contribution is -2.06. The standard InChI is InChI=1S/C16H13NO4/c1-10(18)17-14-8-6-12(7-9-14)15(19)11-2-4-13(5-3-11)16(20)21/h2-9H,1H3,(H,17,18)(H,20,21). The molecular weight excluding hydrogens is 270 g/mol. The molecule has 5 nitrogen and oxygen atoms in total. The highest BCUT2D eigenvalue weighted by atomic mass is 16.4. The van der Waals surface area contributed by atoms with Gasteiger partial charge in [-0.05, 0) is 36.4 Å². The molecule has 0 saturated carbocycles. The van der Waals surface area contributed by atoms with Crippen LogP contribution in [0.3, 0.4) is 0 Å². The minimum atomic E-state index is -1.03. The van der Waals surface area contributed by atoms with Gasteiger partial charge in [-0.25, -0.2) is 4.79 Å². The first-order valence-electron chi connectivity index (χ1n) is 6.23. The third kappa shape index (κ3) is 3.54. The number of carbonyl (C=O) groups excluding carboxylic acids is 2. The molecule has 0 aliphatic carbocycles. The molecule has 0 saturated heterocycles. The van der Waals surface area contributed by atoms with Gasteiger partial charge in [-0.3, -0.25) is 9.59 Å². The van der Waals surface area contributed by atoms with Gasteiger partial charge in [0.25, 0.3) is 0 Å². The van der Waals surface area contributed by atoms with Crippen molar-refractivity contribution in [1.29, 1.82) is 0 Å². The summed E-state index contributed by atoms with van der Waals surface area (Å²) in [6.07, 6.45) is 0. The van der Waals surface area contributed by atoms with Crippen molar-refractivity contribution in [2.45, 2.75) is 6.92 Å². The van der Waals surface area contributed by atoms with E-state index in [1.54, 1.807) is 24.3 Å². The van der Waals surface area contributed by atoms with E-state index in [0.29, 0.717) is 16.8 Å². The number of hydrogen-bond acceptors (Lipinski definition) is 3. The first-order chi connectivity index (χ1) is 9.97. The second kappa shape index (κ2) is 6.00. The van der Waals surface area contributed by atoms with Gasteiger partial charge in [0.05, 0.1) is 5.56 Å². The molecule has 0 unspecified atom stereocenters. The lowest BCUT2D eigenvalue weighted by molar-refractivity contribution is -0.114. The molecule has 0 heterocycles. The number of amides is 1. The summed E-state index contributed by atoms with van der Waals surface area (Å²) < 4.78 is 0. The molecule has 0 aromatic heterocycles. The van der Waals surface area contributed by atoms with Crippen molar-refractivity contribution >= 4 is 23.3 Å². The molecule has 106 valence electrons. The Labute approximate surface area is 121 Å². The number of benzene rings is 2. The van der Waals surface area contributed by atoms with Gasteiger partial charge < -0.3 is 10.4 Å². The van der Waals surface area contributed by atoms with Gasteiger partial charge in [-0.2, -0.15) is 0 Å². The summed E-state index contributed by atoms with van der Waals surface area (Å²) in [5.41, 5.74) is 1.62. The zero-order valence-electron chi connectivity index (χ0n) is 11.3. The van der Waals surface area contributed by atoms with Gasteiger partial charge in [-0.1, -0.05) is 12.1 Å². The van der Waals surface area contributed by atoms with Crippen LogP contribution in [0.2, 0.25) is 0 Å². The number of carboxylic acids is 1. The number of carboxylic acid groups (broad SMARTS) is 1. The van der Waals surface area contributed by atoms with Crippen molar-refractivity contribution in [2.24, 2.45) is 0 Å². The number of aromatic carboxylic acids is 1. The minimum Gasteiger partial charge on any atom is -0.478 e. The van der Waals surface area contributed by atoms with Crippen molar-refractivity contribution in [2.75, 3.05) is 5.32 Å². The lowest BCUT2D eigenvalue weighted by atomic mass is 10.0. The molecule has 0 spiro atoms. The van der Waals surface area contributed by atoms with E-state index in [2.05, 4.69) is 5.32 Å². The summed E-state index contributed by atoms with van der Waals surface area (Å²) in [6, 6.07) is 12.2. The molecule has 1 amide bonds. The van der Waals surface area contributed by atoms with Crippen LogP contribution >= 0.6 is 0 Å². The second-order valence-corrected chi connectivity index (χ2v) is 4.47. The fourth-order valence-corrected chi connectivity index (χ4v) is 1.84. The molecule has 0 radical (unpaired) electrons. The molecule has 5 heteroatoms. The largest absolute Gasteiger partial charge is 0.478 e. The number of anilines is 1. The van der Waals surface area contributed by atoms with Gasteiger partial charge in [0.15, 0.2) is 5.78 Å². The Morgan fingerprint density at radius 2 is 1.24 bits per heavy atom. The van der Waals surface area contributed by atoms with Crippen LogP contribution in [0.5, 0.6) is 0 Å². The maximum absolute atomic E-state index is 12.2. The summed E-state index contributed by atoms with van der Waals surface area (Å²) in [5.74, 6) is -1.42. The van der Waals surface area contributed by atoms with E-state index in [1.807, 2.05) is 0 Å². The Kier molecular flexibility index (Phi) is 4.13. The van der Waals surface area contributed by atoms with Gasteiger partial charge >= 0.3 is 5.97 Å². The molecule has 2 rings (SSSR count). The first-order valence-corrected chi connectivity index (χ1v) is 6.23. The third-order valence-corrected chi connectivity index (χ3v) is 2.86. The van der Waals surface area contributed by atoms with E-state index in [-0.39, 0.29) is 17.3 Å². The second-order valence-electron chi connectivity index (χ2n) is 4.47. The van der Waals surface area contributed by atoms with Crippen LogP contribution in [0.4, 0.5) is 5.69 Å². The monoisotopic (exact) mass is 283 g/mol. The van der Waals surface area contributed by atoms with E-state index < -0.39 is 5.97 Å². The summed E-state index contributed by atoms with van der Waals surface area (Å²) in [7, 11) is 0. The number of nitrogens with one attached hydrogen (secondary N) is 1. The molecule has 0 aliphatic heterocycles. The van der Waals surface area contributed by atoms with Crippen molar-refractivity contribution in [1.82, 2.24) is 0 Å². The summed E-state index contributed by atoms with van der Waals surface area (Å²) in [6.45, 7) is 1.41. The van der Waals surface area contributed by atoms with E-state index >= 15 is 0 Å². The summed E-state index contributed by atoms with van der Waals surface area (Å²) >= 11 is 0. The molecular formula is C16H13NO4. The zero-order chi connectivity index (χ0) is 15.4. The van der Waals surface area contributed by atoms with Gasteiger partial charge in [0.1, 0.15) is 0 Å². The van der Waals surface area contributed by atoms with Crippen LogP contribution in [0.1, 0.15) is 33.2 Å². The summed E-state index contributed by atoms with van der Waals surface area (Å²) in [5, 5.41) is 11.4. The minimum absolute atomic E-state index is 0.132. The normalized spacial score (nSPS) is 9.95. The number of hydrogen-bond donors (Lipinski definition) is 2. The van der Waals surface area contributed by atoms with Crippen LogP contribution in [-0.2, 0) is 4.79 Å². The van der Waals surface area contributed by atoms with Crippen LogP contribution < -0.4 is 5.32 Å². The van der Waals surface area contributed by atoms with Crippen molar-refractivity contribution in [3.63, 3.8) is 0 Å². The van der Waals surface area contributed by atoms with E-state index in [4.69, 9.17) is 5.11 Å².